The van der Waals surface area contributed by atoms with Crippen molar-refractivity contribution in [1.29, 1.82) is 0 Å². The Hall–Kier alpha value is -1.46. The first-order chi connectivity index (χ1) is 10.9. The second-order valence-corrected chi connectivity index (χ2v) is 6.30. The van der Waals surface area contributed by atoms with E-state index in [-0.39, 0.29) is 6.42 Å². The standard InChI is InChI=1S/C16H15Cl3N2O2/c17-10-6-13(18)12(14(19)7-10)8-21-11-3-1-9(2-4-11)5-15(20)16(22)23/h1-4,6-7,15,21H,5,8,20H2,(H,22,23)/t15-/m0/s1. The van der Waals surface area contributed by atoms with Crippen LogP contribution in [-0.2, 0) is 17.8 Å². The van der Waals surface area contributed by atoms with E-state index in [4.69, 9.17) is 45.6 Å². The van der Waals surface area contributed by atoms with E-state index >= 15 is 0 Å². The number of rotatable bonds is 6. The van der Waals surface area contributed by atoms with Crippen molar-refractivity contribution >= 4 is 46.5 Å². The summed E-state index contributed by atoms with van der Waals surface area (Å²) < 4.78 is 0. The Balaban J connectivity index is 2.01. The number of benzene rings is 2. The van der Waals surface area contributed by atoms with E-state index in [1.165, 1.54) is 0 Å². The van der Waals surface area contributed by atoms with Gasteiger partial charge in [-0.25, -0.2) is 0 Å². The molecule has 2 aromatic carbocycles. The van der Waals surface area contributed by atoms with Crippen LogP contribution in [0.1, 0.15) is 11.1 Å². The predicted molar refractivity (Wildman–Crippen MR) is 94.6 cm³/mol. The molecule has 0 amide bonds. The van der Waals surface area contributed by atoms with E-state index < -0.39 is 12.0 Å². The fraction of sp³-hybridized carbons (Fsp3) is 0.188. The van der Waals surface area contributed by atoms with Crippen LogP contribution in [0.2, 0.25) is 15.1 Å². The van der Waals surface area contributed by atoms with E-state index in [2.05, 4.69) is 5.32 Å². The predicted octanol–water partition coefficient (Wildman–Crippen LogP) is 4.21. The first-order valence-electron chi connectivity index (χ1n) is 6.81. The van der Waals surface area contributed by atoms with Crippen LogP contribution in [-0.4, -0.2) is 17.1 Å². The molecule has 0 aromatic heterocycles. The molecule has 0 fully saturated rings. The molecule has 2 rings (SSSR count). The minimum Gasteiger partial charge on any atom is -0.480 e. The number of carboxylic acids is 1. The van der Waals surface area contributed by atoms with Crippen molar-refractivity contribution < 1.29 is 9.90 Å². The molecular formula is C16H15Cl3N2O2. The van der Waals surface area contributed by atoms with E-state index in [1.807, 2.05) is 24.3 Å². The Morgan fingerprint density at radius 2 is 1.70 bits per heavy atom. The Labute approximate surface area is 149 Å². The highest BCUT2D eigenvalue weighted by molar-refractivity contribution is 6.39. The average molecular weight is 374 g/mol. The molecule has 0 aliphatic heterocycles. The molecule has 0 bridgehead atoms. The molecule has 0 spiro atoms. The Morgan fingerprint density at radius 1 is 1.13 bits per heavy atom. The third kappa shape index (κ3) is 5.01. The lowest BCUT2D eigenvalue weighted by molar-refractivity contribution is -0.138. The van der Waals surface area contributed by atoms with Crippen LogP contribution >= 0.6 is 34.8 Å². The van der Waals surface area contributed by atoms with E-state index in [9.17, 15) is 4.79 Å². The smallest absolute Gasteiger partial charge is 0.320 e. The average Bonchev–Trinajstić information content (AvgIpc) is 2.47. The van der Waals surface area contributed by atoms with Crippen LogP contribution in [0, 0.1) is 0 Å². The van der Waals surface area contributed by atoms with Crippen LogP contribution in [0.4, 0.5) is 5.69 Å². The van der Waals surface area contributed by atoms with Gasteiger partial charge in [0, 0.05) is 32.9 Å². The Bertz CT molecular complexity index is 682. The summed E-state index contributed by atoms with van der Waals surface area (Å²) in [4.78, 5) is 10.7. The molecule has 0 unspecified atom stereocenters. The zero-order valence-electron chi connectivity index (χ0n) is 12.0. The minimum absolute atomic E-state index is 0.282. The molecule has 0 saturated carbocycles. The Kier molecular flexibility index (Phi) is 6.13. The molecule has 4 nitrogen and oxygen atoms in total. The molecule has 23 heavy (non-hydrogen) atoms. The third-order valence-corrected chi connectivity index (χ3v) is 4.19. The molecule has 0 heterocycles. The summed E-state index contributed by atoms with van der Waals surface area (Å²) in [5.74, 6) is -1.01. The summed E-state index contributed by atoms with van der Waals surface area (Å²) in [6, 6.07) is 9.74. The molecule has 7 heteroatoms. The van der Waals surface area contributed by atoms with Crippen LogP contribution in [0.15, 0.2) is 36.4 Å². The molecule has 0 aliphatic rings. The van der Waals surface area contributed by atoms with Gasteiger partial charge in [-0.1, -0.05) is 46.9 Å². The van der Waals surface area contributed by atoms with Crippen molar-refractivity contribution in [2.45, 2.75) is 19.0 Å². The lowest BCUT2D eigenvalue weighted by Crippen LogP contribution is -2.32. The van der Waals surface area contributed by atoms with Crippen molar-refractivity contribution in [2.75, 3.05) is 5.32 Å². The van der Waals surface area contributed by atoms with Gasteiger partial charge >= 0.3 is 5.97 Å². The molecule has 4 N–H and O–H groups in total. The summed E-state index contributed by atoms with van der Waals surface area (Å²) in [5, 5.41) is 13.5. The monoisotopic (exact) mass is 372 g/mol. The number of carbonyl (C=O) groups is 1. The van der Waals surface area contributed by atoms with Gasteiger partial charge in [-0.05, 0) is 36.2 Å². The minimum atomic E-state index is -1.01. The molecule has 0 radical (unpaired) electrons. The van der Waals surface area contributed by atoms with Gasteiger partial charge < -0.3 is 16.2 Å². The Morgan fingerprint density at radius 3 is 2.22 bits per heavy atom. The lowest BCUT2D eigenvalue weighted by atomic mass is 10.1. The highest BCUT2D eigenvalue weighted by atomic mass is 35.5. The topological polar surface area (TPSA) is 75.3 Å². The van der Waals surface area contributed by atoms with Gasteiger partial charge in [0.2, 0.25) is 0 Å². The number of hydrogen-bond acceptors (Lipinski definition) is 3. The van der Waals surface area contributed by atoms with Crippen molar-refractivity contribution in [3.63, 3.8) is 0 Å². The van der Waals surface area contributed by atoms with Crippen molar-refractivity contribution in [3.05, 3.63) is 62.6 Å². The van der Waals surface area contributed by atoms with Crippen LogP contribution < -0.4 is 11.1 Å². The maximum Gasteiger partial charge on any atom is 0.320 e. The molecule has 2 aromatic rings. The highest BCUT2D eigenvalue weighted by Crippen LogP contribution is 2.29. The van der Waals surface area contributed by atoms with Gasteiger partial charge in [0.1, 0.15) is 6.04 Å². The van der Waals surface area contributed by atoms with Gasteiger partial charge in [0.25, 0.3) is 0 Å². The molecule has 0 saturated heterocycles. The fourth-order valence-corrected chi connectivity index (χ4v) is 2.98. The lowest BCUT2D eigenvalue weighted by Gasteiger charge is -2.11. The molecule has 1 atom stereocenters. The zero-order valence-corrected chi connectivity index (χ0v) is 14.3. The van der Waals surface area contributed by atoms with Crippen LogP contribution in [0.3, 0.4) is 0 Å². The van der Waals surface area contributed by atoms with Gasteiger partial charge in [-0.3, -0.25) is 4.79 Å². The maximum atomic E-state index is 10.7. The SMILES string of the molecule is N[C@@H](Cc1ccc(NCc2c(Cl)cc(Cl)cc2Cl)cc1)C(=O)O. The highest BCUT2D eigenvalue weighted by Gasteiger charge is 2.12. The first-order valence-corrected chi connectivity index (χ1v) is 7.95. The molecule has 0 aliphatic carbocycles. The number of nitrogens with two attached hydrogens (primary N) is 1. The van der Waals surface area contributed by atoms with Gasteiger partial charge in [-0.2, -0.15) is 0 Å². The van der Waals surface area contributed by atoms with Crippen molar-refractivity contribution in [1.82, 2.24) is 0 Å². The van der Waals surface area contributed by atoms with E-state index in [1.54, 1.807) is 12.1 Å². The number of halogens is 3. The van der Waals surface area contributed by atoms with Crippen LogP contribution in [0.5, 0.6) is 0 Å². The number of carboxylic acid groups (broad SMARTS) is 1. The third-order valence-electron chi connectivity index (χ3n) is 3.30. The van der Waals surface area contributed by atoms with Gasteiger partial charge in [-0.15, -0.1) is 0 Å². The first kappa shape index (κ1) is 17.9. The maximum absolute atomic E-state index is 10.7. The van der Waals surface area contributed by atoms with E-state index in [0.717, 1.165) is 16.8 Å². The molecule has 122 valence electrons. The summed E-state index contributed by atoms with van der Waals surface area (Å²) >= 11 is 18.1. The van der Waals surface area contributed by atoms with Crippen molar-refractivity contribution in [2.24, 2.45) is 5.73 Å². The summed E-state index contributed by atoms with van der Waals surface area (Å²) in [6.07, 6.45) is 0.282. The number of nitrogens with one attached hydrogen (secondary N) is 1. The summed E-state index contributed by atoms with van der Waals surface area (Å²) in [7, 11) is 0. The van der Waals surface area contributed by atoms with E-state index in [0.29, 0.717) is 21.6 Å². The number of aliphatic carboxylic acids is 1. The second kappa shape index (κ2) is 7.88. The largest absolute Gasteiger partial charge is 0.480 e. The fourth-order valence-electron chi connectivity index (χ4n) is 2.03. The summed E-state index contributed by atoms with van der Waals surface area (Å²) in [5.41, 5.74) is 7.99. The van der Waals surface area contributed by atoms with Gasteiger partial charge in [0.15, 0.2) is 0 Å². The second-order valence-electron chi connectivity index (χ2n) is 5.05. The molecular weight excluding hydrogens is 359 g/mol. The van der Waals surface area contributed by atoms with Gasteiger partial charge in [0.05, 0.1) is 0 Å². The number of hydrogen-bond donors (Lipinski definition) is 3. The van der Waals surface area contributed by atoms with Crippen LogP contribution in [0.25, 0.3) is 0 Å². The summed E-state index contributed by atoms with van der Waals surface area (Å²) in [6.45, 7) is 0.447. The zero-order chi connectivity index (χ0) is 17.0. The number of anilines is 1. The quantitative estimate of drug-likeness (QED) is 0.709. The van der Waals surface area contributed by atoms with Crippen molar-refractivity contribution in [3.8, 4) is 0 Å². The normalized spacial score (nSPS) is 12.0.